The second-order valence-corrected chi connectivity index (χ2v) is 5.30. The molecule has 0 aromatic carbocycles. The van der Waals surface area contributed by atoms with Gasteiger partial charge in [-0.15, -0.1) is 11.3 Å². The Morgan fingerprint density at radius 3 is 2.74 bits per heavy atom. The van der Waals surface area contributed by atoms with Gasteiger partial charge in [0.15, 0.2) is 0 Å². The molecule has 108 valence electrons. The van der Waals surface area contributed by atoms with Gasteiger partial charge in [-0.2, -0.15) is 0 Å². The summed E-state index contributed by atoms with van der Waals surface area (Å²) in [5, 5.41) is 1.92. The zero-order chi connectivity index (χ0) is 14.3. The van der Waals surface area contributed by atoms with Crippen LogP contribution in [0.5, 0.6) is 0 Å². The minimum atomic E-state index is -0.615. The third-order valence-corrected chi connectivity index (χ3v) is 3.83. The van der Waals surface area contributed by atoms with Crippen molar-refractivity contribution in [2.75, 3.05) is 34.0 Å². The fraction of sp³-hybridized carbons (Fsp3) is 0.615. The van der Waals surface area contributed by atoms with Gasteiger partial charge in [0.2, 0.25) is 5.91 Å². The molecule has 2 unspecified atom stereocenters. The van der Waals surface area contributed by atoms with E-state index in [1.165, 1.54) is 11.3 Å². The molecule has 6 heteroatoms. The fourth-order valence-corrected chi connectivity index (χ4v) is 2.56. The monoisotopic (exact) mass is 286 g/mol. The molecule has 1 rings (SSSR count). The fourth-order valence-electron chi connectivity index (χ4n) is 1.84. The molecule has 0 bridgehead atoms. The molecule has 0 saturated heterocycles. The lowest BCUT2D eigenvalue weighted by atomic mass is 10.2. The van der Waals surface area contributed by atoms with Crippen LogP contribution in [0.25, 0.3) is 0 Å². The average Bonchev–Trinajstić information content (AvgIpc) is 2.92. The standard InChI is InChI=1S/C13H22N2O3S/c1-10(9-18-3)15(6-7-17-2)13(16)12(14)11-5-4-8-19-11/h4-5,8,10,12H,6-7,9,14H2,1-3H3. The third-order valence-electron chi connectivity index (χ3n) is 2.88. The first kappa shape index (κ1) is 16.1. The predicted molar refractivity (Wildman–Crippen MR) is 76.2 cm³/mol. The molecule has 1 aromatic heterocycles. The normalized spacial score (nSPS) is 14.1. The van der Waals surface area contributed by atoms with Gasteiger partial charge in [-0.25, -0.2) is 0 Å². The molecular weight excluding hydrogens is 264 g/mol. The maximum absolute atomic E-state index is 12.5. The molecule has 1 heterocycles. The average molecular weight is 286 g/mol. The molecule has 0 fully saturated rings. The summed E-state index contributed by atoms with van der Waals surface area (Å²) in [5.41, 5.74) is 6.03. The van der Waals surface area contributed by atoms with Crippen LogP contribution in [0.4, 0.5) is 0 Å². The highest BCUT2D eigenvalue weighted by Crippen LogP contribution is 2.19. The Labute approximate surface area is 118 Å². The summed E-state index contributed by atoms with van der Waals surface area (Å²) >= 11 is 1.49. The molecule has 19 heavy (non-hydrogen) atoms. The number of methoxy groups -OCH3 is 2. The first-order valence-corrected chi connectivity index (χ1v) is 7.07. The van der Waals surface area contributed by atoms with E-state index in [1.807, 2.05) is 24.4 Å². The Morgan fingerprint density at radius 1 is 1.47 bits per heavy atom. The van der Waals surface area contributed by atoms with E-state index in [2.05, 4.69) is 0 Å². The summed E-state index contributed by atoms with van der Waals surface area (Å²) < 4.78 is 10.2. The van der Waals surface area contributed by atoms with Crippen molar-refractivity contribution in [1.29, 1.82) is 0 Å². The van der Waals surface area contributed by atoms with Gasteiger partial charge in [0.05, 0.1) is 19.3 Å². The van der Waals surface area contributed by atoms with Crippen molar-refractivity contribution in [3.63, 3.8) is 0 Å². The number of nitrogens with two attached hydrogens (primary N) is 1. The highest BCUT2D eigenvalue weighted by molar-refractivity contribution is 7.10. The van der Waals surface area contributed by atoms with Crippen LogP contribution in [-0.2, 0) is 14.3 Å². The highest BCUT2D eigenvalue weighted by Gasteiger charge is 2.26. The molecule has 0 aliphatic rings. The van der Waals surface area contributed by atoms with E-state index in [0.717, 1.165) is 4.88 Å². The predicted octanol–water partition coefficient (Wildman–Crippen LogP) is 1.26. The second-order valence-electron chi connectivity index (χ2n) is 4.32. The minimum absolute atomic E-state index is 0.0290. The van der Waals surface area contributed by atoms with Crippen LogP contribution in [0, 0.1) is 0 Å². The lowest BCUT2D eigenvalue weighted by Gasteiger charge is -2.30. The third kappa shape index (κ3) is 4.58. The van der Waals surface area contributed by atoms with E-state index in [0.29, 0.717) is 19.8 Å². The number of nitrogens with zero attached hydrogens (tertiary/aromatic N) is 1. The van der Waals surface area contributed by atoms with Gasteiger partial charge in [0, 0.05) is 25.6 Å². The van der Waals surface area contributed by atoms with Gasteiger partial charge in [-0.05, 0) is 18.4 Å². The van der Waals surface area contributed by atoms with Gasteiger partial charge in [-0.3, -0.25) is 4.79 Å². The van der Waals surface area contributed by atoms with E-state index in [9.17, 15) is 4.79 Å². The van der Waals surface area contributed by atoms with Gasteiger partial charge in [0.1, 0.15) is 6.04 Å². The first-order valence-electron chi connectivity index (χ1n) is 6.19. The summed E-state index contributed by atoms with van der Waals surface area (Å²) in [4.78, 5) is 15.1. The molecule has 2 N–H and O–H groups in total. The van der Waals surface area contributed by atoms with Crippen molar-refractivity contribution in [3.8, 4) is 0 Å². The van der Waals surface area contributed by atoms with Crippen LogP contribution < -0.4 is 5.73 Å². The highest BCUT2D eigenvalue weighted by atomic mass is 32.1. The molecule has 1 amide bonds. The van der Waals surface area contributed by atoms with Crippen LogP contribution in [0.3, 0.4) is 0 Å². The summed E-state index contributed by atoms with van der Waals surface area (Å²) in [5.74, 6) is -0.0935. The molecule has 5 nitrogen and oxygen atoms in total. The Kier molecular flexibility index (Phi) is 7.01. The van der Waals surface area contributed by atoms with Crippen LogP contribution in [0.1, 0.15) is 17.8 Å². The minimum Gasteiger partial charge on any atom is -0.383 e. The Balaban J connectivity index is 2.75. The number of carbonyl (C=O) groups excluding carboxylic acids is 1. The van der Waals surface area contributed by atoms with E-state index in [4.69, 9.17) is 15.2 Å². The molecule has 0 saturated carbocycles. The SMILES string of the molecule is COCCN(C(=O)C(N)c1cccs1)C(C)COC. The largest absolute Gasteiger partial charge is 0.383 e. The van der Waals surface area contributed by atoms with E-state index < -0.39 is 6.04 Å². The zero-order valence-electron chi connectivity index (χ0n) is 11.7. The van der Waals surface area contributed by atoms with E-state index >= 15 is 0 Å². The van der Waals surface area contributed by atoms with Gasteiger partial charge in [0.25, 0.3) is 0 Å². The maximum Gasteiger partial charge on any atom is 0.245 e. The van der Waals surface area contributed by atoms with E-state index in [1.54, 1.807) is 19.1 Å². The number of ether oxygens (including phenoxy) is 2. The number of hydrogen-bond acceptors (Lipinski definition) is 5. The number of hydrogen-bond donors (Lipinski definition) is 1. The molecule has 0 radical (unpaired) electrons. The van der Waals surface area contributed by atoms with Crippen molar-refractivity contribution in [3.05, 3.63) is 22.4 Å². The summed E-state index contributed by atoms with van der Waals surface area (Å²) in [6.45, 7) is 3.42. The topological polar surface area (TPSA) is 64.8 Å². The molecule has 2 atom stereocenters. The quantitative estimate of drug-likeness (QED) is 0.781. The van der Waals surface area contributed by atoms with Gasteiger partial charge >= 0.3 is 0 Å². The first-order chi connectivity index (χ1) is 9.11. The van der Waals surface area contributed by atoms with Crippen molar-refractivity contribution in [1.82, 2.24) is 4.90 Å². The van der Waals surface area contributed by atoms with Crippen molar-refractivity contribution in [2.24, 2.45) is 5.73 Å². The lowest BCUT2D eigenvalue weighted by molar-refractivity contribution is -0.136. The molecular formula is C13H22N2O3S. The van der Waals surface area contributed by atoms with Crippen LogP contribution in [0.2, 0.25) is 0 Å². The molecule has 0 spiro atoms. The Hall–Kier alpha value is -0.950. The number of amides is 1. The summed E-state index contributed by atoms with van der Waals surface area (Å²) in [7, 11) is 3.23. The number of rotatable bonds is 8. The molecule has 1 aromatic rings. The van der Waals surface area contributed by atoms with Gasteiger partial charge in [-0.1, -0.05) is 6.07 Å². The van der Waals surface area contributed by atoms with Gasteiger partial charge < -0.3 is 20.1 Å². The Bertz CT molecular complexity index is 370. The molecule has 0 aliphatic carbocycles. The van der Waals surface area contributed by atoms with Crippen molar-refractivity contribution < 1.29 is 14.3 Å². The van der Waals surface area contributed by atoms with Crippen molar-refractivity contribution >= 4 is 17.2 Å². The summed E-state index contributed by atoms with van der Waals surface area (Å²) in [6.07, 6.45) is 0. The zero-order valence-corrected chi connectivity index (χ0v) is 12.5. The maximum atomic E-state index is 12.5. The second kappa shape index (κ2) is 8.27. The van der Waals surface area contributed by atoms with Crippen molar-refractivity contribution in [2.45, 2.75) is 19.0 Å². The summed E-state index contributed by atoms with van der Waals surface area (Å²) in [6, 6.07) is 3.13. The number of thiophene rings is 1. The van der Waals surface area contributed by atoms with Crippen LogP contribution in [-0.4, -0.2) is 50.8 Å². The molecule has 0 aliphatic heterocycles. The lowest BCUT2D eigenvalue weighted by Crippen LogP contribution is -2.46. The van der Waals surface area contributed by atoms with E-state index in [-0.39, 0.29) is 11.9 Å². The smallest absolute Gasteiger partial charge is 0.245 e. The van der Waals surface area contributed by atoms with Crippen LogP contribution >= 0.6 is 11.3 Å². The Morgan fingerprint density at radius 2 is 2.21 bits per heavy atom. The van der Waals surface area contributed by atoms with Crippen LogP contribution in [0.15, 0.2) is 17.5 Å². The number of carbonyl (C=O) groups is 1.